The van der Waals surface area contributed by atoms with E-state index >= 15 is 0 Å². The summed E-state index contributed by atoms with van der Waals surface area (Å²) >= 11 is 1.56. The number of hydrogen-bond acceptors (Lipinski definition) is 3. The van der Waals surface area contributed by atoms with Gasteiger partial charge in [-0.3, -0.25) is 0 Å². The van der Waals surface area contributed by atoms with Gasteiger partial charge in [0, 0.05) is 23.7 Å². The Morgan fingerprint density at radius 1 is 1.30 bits per heavy atom. The van der Waals surface area contributed by atoms with Gasteiger partial charge in [0.15, 0.2) is 0 Å². The highest BCUT2D eigenvalue weighted by molar-refractivity contribution is 7.99. The molecule has 1 aliphatic rings. The van der Waals surface area contributed by atoms with Gasteiger partial charge in [-0.05, 0) is 37.1 Å². The van der Waals surface area contributed by atoms with Gasteiger partial charge in [-0.2, -0.15) is 11.8 Å². The van der Waals surface area contributed by atoms with Gasteiger partial charge in [-0.1, -0.05) is 6.07 Å². The molecule has 1 unspecified atom stereocenters. The molecule has 1 aromatic carbocycles. The van der Waals surface area contributed by atoms with Crippen LogP contribution in [-0.4, -0.2) is 46.1 Å². The molecule has 1 aromatic rings. The van der Waals surface area contributed by atoms with Crippen LogP contribution < -0.4 is 5.32 Å². The van der Waals surface area contributed by atoms with Crippen molar-refractivity contribution in [2.75, 3.05) is 23.4 Å². The molecule has 5 nitrogen and oxygen atoms in total. The van der Waals surface area contributed by atoms with Crippen molar-refractivity contribution in [1.82, 2.24) is 4.90 Å². The van der Waals surface area contributed by atoms with Gasteiger partial charge in [-0.25, -0.2) is 9.59 Å². The van der Waals surface area contributed by atoms with Gasteiger partial charge >= 0.3 is 12.0 Å². The van der Waals surface area contributed by atoms with Crippen LogP contribution in [0.15, 0.2) is 18.2 Å². The molecule has 0 spiro atoms. The molecule has 0 saturated carbocycles. The van der Waals surface area contributed by atoms with E-state index in [1.54, 1.807) is 11.8 Å². The molecule has 1 fully saturated rings. The second-order valence-corrected chi connectivity index (χ2v) is 6.08. The molecule has 108 valence electrons. The Kier molecular flexibility index (Phi) is 4.54. The first-order valence-corrected chi connectivity index (χ1v) is 7.59. The molecule has 0 radical (unpaired) electrons. The first kappa shape index (κ1) is 14.7. The predicted octanol–water partition coefficient (Wildman–Crippen LogP) is 2.34. The van der Waals surface area contributed by atoms with Crippen LogP contribution in [0.3, 0.4) is 0 Å². The fourth-order valence-electron chi connectivity index (χ4n) is 2.29. The van der Waals surface area contributed by atoms with E-state index in [0.29, 0.717) is 18.0 Å². The molecule has 0 aliphatic carbocycles. The number of rotatable bonds is 2. The van der Waals surface area contributed by atoms with E-state index in [-0.39, 0.29) is 6.03 Å². The topological polar surface area (TPSA) is 69.6 Å². The van der Waals surface area contributed by atoms with E-state index in [9.17, 15) is 14.7 Å². The Labute approximate surface area is 122 Å². The number of aryl methyl sites for hydroxylation is 2. The van der Waals surface area contributed by atoms with E-state index in [2.05, 4.69) is 5.32 Å². The number of hydrogen-bond donors (Lipinski definition) is 2. The number of nitrogens with zero attached hydrogens (tertiary/aromatic N) is 1. The predicted molar refractivity (Wildman–Crippen MR) is 80.4 cm³/mol. The highest BCUT2D eigenvalue weighted by Crippen LogP contribution is 2.19. The van der Waals surface area contributed by atoms with Gasteiger partial charge in [0.2, 0.25) is 0 Å². The quantitative estimate of drug-likeness (QED) is 0.878. The van der Waals surface area contributed by atoms with Crippen molar-refractivity contribution >= 4 is 29.4 Å². The third-order valence-electron chi connectivity index (χ3n) is 3.15. The third kappa shape index (κ3) is 3.45. The number of carbonyl (C=O) groups excluding carboxylic acids is 1. The van der Waals surface area contributed by atoms with E-state index < -0.39 is 12.0 Å². The zero-order chi connectivity index (χ0) is 14.7. The summed E-state index contributed by atoms with van der Waals surface area (Å²) in [5.74, 6) is 0.257. The van der Waals surface area contributed by atoms with Crippen LogP contribution in [0, 0.1) is 13.8 Å². The third-order valence-corrected chi connectivity index (χ3v) is 4.17. The first-order chi connectivity index (χ1) is 9.47. The largest absolute Gasteiger partial charge is 0.480 e. The van der Waals surface area contributed by atoms with Crippen LogP contribution >= 0.6 is 11.8 Å². The SMILES string of the molecule is Cc1cc(C)cc(NC(=O)N2CCSCC2C(=O)O)c1. The maximum atomic E-state index is 12.2. The van der Waals surface area contributed by atoms with Crippen molar-refractivity contribution in [3.8, 4) is 0 Å². The van der Waals surface area contributed by atoms with Crippen LogP contribution in [0.5, 0.6) is 0 Å². The Hall–Kier alpha value is -1.69. The van der Waals surface area contributed by atoms with Crippen LogP contribution in [0.25, 0.3) is 0 Å². The summed E-state index contributed by atoms with van der Waals surface area (Å²) in [5, 5.41) is 12.0. The van der Waals surface area contributed by atoms with E-state index in [1.165, 1.54) is 4.90 Å². The average molecular weight is 294 g/mol. The number of amides is 2. The van der Waals surface area contributed by atoms with Crippen molar-refractivity contribution in [1.29, 1.82) is 0 Å². The number of carboxylic acid groups (broad SMARTS) is 1. The lowest BCUT2D eigenvalue weighted by molar-refractivity contribution is -0.141. The fraction of sp³-hybridized carbons (Fsp3) is 0.429. The number of benzene rings is 1. The van der Waals surface area contributed by atoms with Crippen molar-refractivity contribution in [3.63, 3.8) is 0 Å². The second kappa shape index (κ2) is 6.17. The lowest BCUT2D eigenvalue weighted by Crippen LogP contribution is -2.51. The van der Waals surface area contributed by atoms with E-state index in [4.69, 9.17) is 0 Å². The zero-order valence-electron chi connectivity index (χ0n) is 11.5. The lowest BCUT2D eigenvalue weighted by atomic mass is 10.1. The summed E-state index contributed by atoms with van der Waals surface area (Å²) in [6.07, 6.45) is 0. The monoisotopic (exact) mass is 294 g/mol. The van der Waals surface area contributed by atoms with Gasteiger partial charge in [0.1, 0.15) is 6.04 Å². The maximum Gasteiger partial charge on any atom is 0.327 e. The Bertz CT molecular complexity index is 513. The minimum absolute atomic E-state index is 0.345. The Morgan fingerprint density at radius 3 is 2.55 bits per heavy atom. The summed E-state index contributed by atoms with van der Waals surface area (Å²) in [6.45, 7) is 4.37. The minimum atomic E-state index is -0.951. The second-order valence-electron chi connectivity index (χ2n) is 4.93. The smallest absolute Gasteiger partial charge is 0.327 e. The summed E-state index contributed by atoms with van der Waals surface area (Å²) in [6, 6.07) is 4.67. The van der Waals surface area contributed by atoms with Gasteiger partial charge < -0.3 is 15.3 Å². The number of carbonyl (C=O) groups is 2. The van der Waals surface area contributed by atoms with Crippen LogP contribution in [0.1, 0.15) is 11.1 Å². The molecule has 0 aromatic heterocycles. The highest BCUT2D eigenvalue weighted by atomic mass is 32.2. The molecule has 1 heterocycles. The van der Waals surface area contributed by atoms with E-state index in [1.807, 2.05) is 32.0 Å². The van der Waals surface area contributed by atoms with Crippen molar-refractivity contribution < 1.29 is 14.7 Å². The standard InChI is InChI=1S/C14H18N2O3S/c1-9-5-10(2)7-11(6-9)15-14(19)16-3-4-20-8-12(16)13(17)18/h5-7,12H,3-4,8H2,1-2H3,(H,15,19)(H,17,18). The number of nitrogens with one attached hydrogen (secondary N) is 1. The van der Waals surface area contributed by atoms with Crippen molar-refractivity contribution in [2.45, 2.75) is 19.9 Å². The molecule has 6 heteroatoms. The van der Waals surface area contributed by atoms with Crippen molar-refractivity contribution in [2.24, 2.45) is 0 Å². The molecule has 0 bridgehead atoms. The molecule has 1 aliphatic heterocycles. The normalized spacial score (nSPS) is 18.7. The van der Waals surface area contributed by atoms with Crippen LogP contribution in [0.4, 0.5) is 10.5 Å². The van der Waals surface area contributed by atoms with Crippen LogP contribution in [-0.2, 0) is 4.79 Å². The molecule has 1 atom stereocenters. The summed E-state index contributed by atoms with van der Waals surface area (Å²) < 4.78 is 0. The number of urea groups is 1. The molecular weight excluding hydrogens is 276 g/mol. The molecule has 20 heavy (non-hydrogen) atoms. The molecular formula is C14H18N2O3S. The number of carboxylic acids is 1. The van der Waals surface area contributed by atoms with Crippen molar-refractivity contribution in [3.05, 3.63) is 29.3 Å². The van der Waals surface area contributed by atoms with Gasteiger partial charge in [0.05, 0.1) is 0 Å². The number of aliphatic carboxylic acids is 1. The minimum Gasteiger partial charge on any atom is -0.480 e. The summed E-state index contributed by atoms with van der Waals surface area (Å²) in [4.78, 5) is 24.8. The maximum absolute atomic E-state index is 12.2. The van der Waals surface area contributed by atoms with Gasteiger partial charge in [-0.15, -0.1) is 0 Å². The van der Waals surface area contributed by atoms with Crippen LogP contribution in [0.2, 0.25) is 0 Å². The summed E-state index contributed by atoms with van der Waals surface area (Å²) in [5.41, 5.74) is 2.82. The number of thioether (sulfide) groups is 1. The molecule has 1 saturated heterocycles. The lowest BCUT2D eigenvalue weighted by Gasteiger charge is -2.32. The zero-order valence-corrected chi connectivity index (χ0v) is 12.4. The molecule has 2 amide bonds. The summed E-state index contributed by atoms with van der Waals surface area (Å²) in [7, 11) is 0. The molecule has 2 N–H and O–H groups in total. The average Bonchev–Trinajstić information content (AvgIpc) is 2.37. The Balaban J connectivity index is 2.11. The Morgan fingerprint density at radius 2 is 1.95 bits per heavy atom. The molecule has 2 rings (SSSR count). The highest BCUT2D eigenvalue weighted by Gasteiger charge is 2.32. The first-order valence-electron chi connectivity index (χ1n) is 6.44. The number of anilines is 1. The van der Waals surface area contributed by atoms with E-state index in [0.717, 1.165) is 16.9 Å². The van der Waals surface area contributed by atoms with Gasteiger partial charge in [0.25, 0.3) is 0 Å². The fourth-order valence-corrected chi connectivity index (χ4v) is 3.33.